The Morgan fingerprint density at radius 2 is 1.00 bits per heavy atom. The monoisotopic (exact) mass is 397 g/mol. The second-order valence-corrected chi connectivity index (χ2v) is 8.18. The maximum atomic E-state index is 4.65. The summed E-state index contributed by atoms with van der Waals surface area (Å²) in [7, 11) is 0. The van der Waals surface area contributed by atoms with Crippen molar-refractivity contribution in [1.82, 2.24) is 4.98 Å². The Hall–Kier alpha value is -3.07. The fourth-order valence-corrected chi connectivity index (χ4v) is 3.99. The van der Waals surface area contributed by atoms with E-state index < -0.39 is 0 Å². The van der Waals surface area contributed by atoms with Crippen LogP contribution in [0, 0.1) is 41.5 Å². The summed E-state index contributed by atoms with van der Waals surface area (Å²) in [4.78, 5) is 13.9. The van der Waals surface area contributed by atoms with Crippen molar-refractivity contribution in [3.05, 3.63) is 98.4 Å². The number of aromatic nitrogens is 1. The second-order valence-electron chi connectivity index (χ2n) is 8.18. The van der Waals surface area contributed by atoms with Gasteiger partial charge in [-0.15, -0.1) is 0 Å². The SMILES string of the molecule is Cc1cc(C)c(CN=Cc2cccc(C=NCc3c(C)cc(C)cc3C)n2)c(C)c1. The molecule has 3 rings (SSSR count). The molecule has 1 heterocycles. The van der Waals surface area contributed by atoms with E-state index in [4.69, 9.17) is 0 Å². The first kappa shape index (κ1) is 21.6. The van der Waals surface area contributed by atoms with Gasteiger partial charge in [-0.1, -0.05) is 41.5 Å². The van der Waals surface area contributed by atoms with E-state index in [1.807, 2.05) is 30.6 Å². The van der Waals surface area contributed by atoms with Crippen molar-refractivity contribution >= 4 is 12.4 Å². The zero-order valence-corrected chi connectivity index (χ0v) is 19.0. The third-order valence-corrected chi connectivity index (χ3v) is 5.42. The normalized spacial score (nSPS) is 11.7. The molecule has 0 aliphatic carbocycles. The lowest BCUT2D eigenvalue weighted by molar-refractivity contribution is 1.02. The van der Waals surface area contributed by atoms with Crippen LogP contribution in [0.5, 0.6) is 0 Å². The van der Waals surface area contributed by atoms with Gasteiger partial charge in [-0.3, -0.25) is 9.98 Å². The number of nitrogens with zero attached hydrogens (tertiary/aromatic N) is 3. The molecule has 0 aliphatic rings. The van der Waals surface area contributed by atoms with Crippen LogP contribution in [-0.4, -0.2) is 17.4 Å². The first-order chi connectivity index (χ1) is 14.3. The molecule has 0 amide bonds. The lowest BCUT2D eigenvalue weighted by atomic mass is 10.00. The van der Waals surface area contributed by atoms with Crippen LogP contribution in [-0.2, 0) is 13.1 Å². The smallest absolute Gasteiger partial charge is 0.0815 e. The van der Waals surface area contributed by atoms with E-state index >= 15 is 0 Å². The molecule has 0 atom stereocenters. The molecule has 0 unspecified atom stereocenters. The predicted octanol–water partition coefficient (Wildman–Crippen LogP) is 6.17. The molecule has 0 saturated heterocycles. The number of hydrogen-bond acceptors (Lipinski definition) is 3. The molecular weight excluding hydrogens is 366 g/mol. The Balaban J connectivity index is 1.68. The van der Waals surface area contributed by atoms with Gasteiger partial charge >= 0.3 is 0 Å². The van der Waals surface area contributed by atoms with Gasteiger partial charge < -0.3 is 0 Å². The van der Waals surface area contributed by atoms with Crippen LogP contribution in [0.4, 0.5) is 0 Å². The topological polar surface area (TPSA) is 37.6 Å². The summed E-state index contributed by atoms with van der Waals surface area (Å²) in [5.74, 6) is 0. The van der Waals surface area contributed by atoms with Gasteiger partial charge in [0.15, 0.2) is 0 Å². The van der Waals surface area contributed by atoms with Crippen molar-refractivity contribution in [3.63, 3.8) is 0 Å². The summed E-state index contributed by atoms with van der Waals surface area (Å²) in [5.41, 5.74) is 12.0. The maximum Gasteiger partial charge on any atom is 0.0815 e. The van der Waals surface area contributed by atoms with Gasteiger partial charge in [0.25, 0.3) is 0 Å². The summed E-state index contributed by atoms with van der Waals surface area (Å²) in [6.45, 7) is 14.2. The fraction of sp³-hybridized carbons (Fsp3) is 0.296. The molecule has 0 N–H and O–H groups in total. The van der Waals surface area contributed by atoms with Gasteiger partial charge in [0.2, 0.25) is 0 Å². The highest BCUT2D eigenvalue weighted by Gasteiger charge is 2.04. The third-order valence-electron chi connectivity index (χ3n) is 5.42. The van der Waals surface area contributed by atoms with E-state index in [0.717, 1.165) is 11.4 Å². The van der Waals surface area contributed by atoms with Crippen LogP contribution in [0.2, 0.25) is 0 Å². The van der Waals surface area contributed by atoms with Crippen LogP contribution in [0.15, 0.2) is 52.4 Å². The van der Waals surface area contributed by atoms with Crippen LogP contribution in [0.25, 0.3) is 0 Å². The van der Waals surface area contributed by atoms with Gasteiger partial charge in [-0.2, -0.15) is 0 Å². The average molecular weight is 398 g/mol. The number of aryl methyl sites for hydroxylation is 6. The minimum Gasteiger partial charge on any atom is -0.286 e. The van der Waals surface area contributed by atoms with Crippen molar-refractivity contribution in [3.8, 4) is 0 Å². The summed E-state index contributed by atoms with van der Waals surface area (Å²) in [6, 6.07) is 14.8. The van der Waals surface area contributed by atoms with Crippen molar-refractivity contribution in [1.29, 1.82) is 0 Å². The number of pyridine rings is 1. The first-order valence-corrected chi connectivity index (χ1v) is 10.4. The summed E-state index contributed by atoms with van der Waals surface area (Å²) < 4.78 is 0. The molecule has 3 aromatic rings. The predicted molar refractivity (Wildman–Crippen MR) is 128 cm³/mol. The highest BCUT2D eigenvalue weighted by Crippen LogP contribution is 2.18. The van der Waals surface area contributed by atoms with E-state index in [0.29, 0.717) is 13.1 Å². The third kappa shape index (κ3) is 5.50. The van der Waals surface area contributed by atoms with Gasteiger partial charge in [0, 0.05) is 12.4 Å². The lowest BCUT2D eigenvalue weighted by Gasteiger charge is -2.09. The van der Waals surface area contributed by atoms with Crippen LogP contribution < -0.4 is 0 Å². The minimum absolute atomic E-state index is 0.671. The molecule has 154 valence electrons. The molecule has 2 aromatic carbocycles. The Kier molecular flexibility index (Phi) is 6.94. The zero-order chi connectivity index (χ0) is 21.7. The molecule has 1 aromatic heterocycles. The fourth-order valence-electron chi connectivity index (χ4n) is 3.99. The minimum atomic E-state index is 0.671. The van der Waals surface area contributed by atoms with E-state index in [1.54, 1.807) is 0 Å². The average Bonchev–Trinajstić information content (AvgIpc) is 2.66. The number of benzene rings is 2. The van der Waals surface area contributed by atoms with Crippen molar-refractivity contribution in [2.75, 3.05) is 0 Å². The molecule has 30 heavy (non-hydrogen) atoms. The molecule has 0 radical (unpaired) electrons. The van der Waals surface area contributed by atoms with E-state index in [9.17, 15) is 0 Å². The van der Waals surface area contributed by atoms with Gasteiger partial charge in [-0.25, -0.2) is 4.98 Å². The Morgan fingerprint density at radius 1 is 0.633 bits per heavy atom. The highest BCUT2D eigenvalue weighted by atomic mass is 14.8. The molecule has 0 saturated carbocycles. The molecular formula is C27H31N3. The van der Waals surface area contributed by atoms with Gasteiger partial charge in [0.05, 0.1) is 24.5 Å². The molecule has 0 bridgehead atoms. The van der Waals surface area contributed by atoms with E-state index in [2.05, 4.69) is 80.8 Å². The Morgan fingerprint density at radius 3 is 1.37 bits per heavy atom. The van der Waals surface area contributed by atoms with Crippen molar-refractivity contribution < 1.29 is 0 Å². The van der Waals surface area contributed by atoms with Gasteiger partial charge in [-0.05, 0) is 87.1 Å². The van der Waals surface area contributed by atoms with Gasteiger partial charge in [0.1, 0.15) is 0 Å². The molecule has 3 nitrogen and oxygen atoms in total. The standard InChI is InChI=1S/C27H31N3/c1-18-10-20(3)26(21(4)11-18)16-28-14-24-8-7-9-25(30-24)15-29-17-27-22(5)12-19(2)13-23(27)6/h7-15H,16-17H2,1-6H3. The Bertz CT molecular complexity index is 976. The highest BCUT2D eigenvalue weighted by molar-refractivity contribution is 5.81. The van der Waals surface area contributed by atoms with Crippen molar-refractivity contribution in [2.24, 2.45) is 9.98 Å². The van der Waals surface area contributed by atoms with Crippen LogP contribution >= 0.6 is 0 Å². The quantitative estimate of drug-likeness (QED) is 0.458. The maximum absolute atomic E-state index is 4.65. The molecule has 3 heteroatoms. The Labute approximate surface area is 180 Å². The van der Waals surface area contributed by atoms with Crippen molar-refractivity contribution in [2.45, 2.75) is 54.6 Å². The molecule has 0 spiro atoms. The largest absolute Gasteiger partial charge is 0.286 e. The van der Waals surface area contributed by atoms with E-state index in [-0.39, 0.29) is 0 Å². The number of rotatable bonds is 6. The first-order valence-electron chi connectivity index (χ1n) is 10.4. The summed E-state index contributed by atoms with van der Waals surface area (Å²) >= 11 is 0. The number of aliphatic imine (C=N–C) groups is 2. The lowest BCUT2D eigenvalue weighted by Crippen LogP contribution is -1.97. The van der Waals surface area contributed by atoms with Crippen LogP contribution in [0.3, 0.4) is 0 Å². The number of hydrogen-bond donors (Lipinski definition) is 0. The molecule has 0 aliphatic heterocycles. The summed E-state index contributed by atoms with van der Waals surface area (Å²) in [6.07, 6.45) is 3.70. The van der Waals surface area contributed by atoms with Crippen LogP contribution in [0.1, 0.15) is 55.9 Å². The molecule has 0 fully saturated rings. The summed E-state index contributed by atoms with van der Waals surface area (Å²) in [5, 5.41) is 0. The second kappa shape index (κ2) is 9.62. The zero-order valence-electron chi connectivity index (χ0n) is 19.0. The van der Waals surface area contributed by atoms with E-state index in [1.165, 1.54) is 44.5 Å².